The third-order valence-corrected chi connectivity index (χ3v) is 7.48. The molecule has 0 aromatic carbocycles. The molecule has 0 aromatic heterocycles. The van der Waals surface area contributed by atoms with Gasteiger partial charge < -0.3 is 10.2 Å². The molecule has 162 valence electrons. The predicted octanol–water partition coefficient (Wildman–Crippen LogP) is 6.49. The molecule has 2 aliphatic carbocycles. The Morgan fingerprint density at radius 1 is 1.14 bits per heavy atom. The number of likely N-dealkylation sites (tertiary alicyclic amines) is 1. The highest BCUT2D eigenvalue weighted by Crippen LogP contribution is 2.43. The van der Waals surface area contributed by atoms with Crippen molar-refractivity contribution in [2.45, 2.75) is 58.9 Å². The van der Waals surface area contributed by atoms with Crippen molar-refractivity contribution in [2.75, 3.05) is 26.2 Å². The van der Waals surface area contributed by atoms with Crippen LogP contribution in [0.25, 0.3) is 0 Å². The smallest absolute Gasteiger partial charge is 0.0363 e. The number of allylic oxidation sites excluding steroid dienone is 7. The van der Waals surface area contributed by atoms with Gasteiger partial charge in [0.1, 0.15) is 0 Å². The average Bonchev–Trinajstić information content (AvgIpc) is 2.68. The molecule has 4 heteroatoms. The van der Waals surface area contributed by atoms with Gasteiger partial charge in [0.05, 0.1) is 0 Å². The minimum absolute atomic E-state index is 0.329. The molecule has 0 saturated carbocycles. The predicted molar refractivity (Wildman–Crippen MR) is 127 cm³/mol. The van der Waals surface area contributed by atoms with Crippen LogP contribution in [0.2, 0.25) is 0 Å². The minimum Gasteiger partial charge on any atom is -0.312 e. The number of nitrogens with one attached hydrogen (secondary N) is 1. The van der Waals surface area contributed by atoms with Crippen LogP contribution >= 0.6 is 23.2 Å². The lowest BCUT2D eigenvalue weighted by Crippen LogP contribution is -2.52. The maximum Gasteiger partial charge on any atom is 0.0363 e. The van der Waals surface area contributed by atoms with Gasteiger partial charge >= 0.3 is 0 Å². The zero-order chi connectivity index (χ0) is 20.9. The molecule has 29 heavy (non-hydrogen) atoms. The van der Waals surface area contributed by atoms with Crippen LogP contribution in [0.15, 0.2) is 46.5 Å². The van der Waals surface area contributed by atoms with Gasteiger partial charge in [-0.2, -0.15) is 0 Å². The largest absolute Gasteiger partial charge is 0.312 e. The van der Waals surface area contributed by atoms with E-state index in [0.717, 1.165) is 41.9 Å². The van der Waals surface area contributed by atoms with E-state index in [4.69, 9.17) is 23.2 Å². The third kappa shape index (κ3) is 6.72. The second-order valence-electron chi connectivity index (χ2n) is 9.80. The first kappa shape index (κ1) is 23.1. The van der Waals surface area contributed by atoms with E-state index in [1.54, 1.807) is 0 Å². The van der Waals surface area contributed by atoms with E-state index in [1.165, 1.54) is 32.4 Å². The number of piperidine rings is 1. The molecule has 0 bridgehead atoms. The van der Waals surface area contributed by atoms with Crippen LogP contribution in [-0.2, 0) is 0 Å². The highest BCUT2D eigenvalue weighted by molar-refractivity contribution is 6.31. The first-order chi connectivity index (χ1) is 13.9. The van der Waals surface area contributed by atoms with Crippen molar-refractivity contribution in [2.24, 2.45) is 23.2 Å². The summed E-state index contributed by atoms with van der Waals surface area (Å²) in [6.07, 6.45) is 19.0. The SMILES string of the molecule is CCC[C@H](CN1CCC(C2C=CC(Cl)=CC2)C(C)(C)C1)NCC1C=CC(Cl)=CC1. The van der Waals surface area contributed by atoms with Gasteiger partial charge in [-0.1, -0.05) is 74.7 Å². The van der Waals surface area contributed by atoms with Gasteiger partial charge in [0.2, 0.25) is 0 Å². The summed E-state index contributed by atoms with van der Waals surface area (Å²) in [4.78, 5) is 2.70. The Morgan fingerprint density at radius 2 is 1.86 bits per heavy atom. The fraction of sp³-hybridized carbons (Fsp3) is 0.680. The molecule has 2 nitrogen and oxygen atoms in total. The summed E-state index contributed by atoms with van der Waals surface area (Å²) in [6, 6.07) is 0.568. The van der Waals surface area contributed by atoms with Crippen LogP contribution in [-0.4, -0.2) is 37.1 Å². The zero-order valence-corrected chi connectivity index (χ0v) is 19.9. The molecule has 3 unspecified atom stereocenters. The summed E-state index contributed by atoms with van der Waals surface area (Å²) in [6.45, 7) is 11.8. The maximum atomic E-state index is 6.14. The van der Waals surface area contributed by atoms with Crippen molar-refractivity contribution in [1.29, 1.82) is 0 Å². The second kappa shape index (κ2) is 10.7. The Morgan fingerprint density at radius 3 is 2.45 bits per heavy atom. The van der Waals surface area contributed by atoms with E-state index in [2.05, 4.69) is 61.4 Å². The molecule has 1 heterocycles. The Labute approximate surface area is 188 Å². The van der Waals surface area contributed by atoms with Crippen LogP contribution in [0.3, 0.4) is 0 Å². The summed E-state index contributed by atoms with van der Waals surface area (Å²) in [5, 5.41) is 5.64. The Bertz CT molecular complexity index is 662. The third-order valence-electron chi connectivity index (χ3n) is 6.92. The molecule has 4 atom stereocenters. The molecular formula is C25H38Cl2N2. The van der Waals surface area contributed by atoms with Crippen LogP contribution in [0.5, 0.6) is 0 Å². The van der Waals surface area contributed by atoms with E-state index < -0.39 is 0 Å². The fourth-order valence-electron chi connectivity index (χ4n) is 5.37. The van der Waals surface area contributed by atoms with E-state index in [9.17, 15) is 0 Å². The first-order valence-electron chi connectivity index (χ1n) is 11.4. The molecule has 0 radical (unpaired) electrons. The monoisotopic (exact) mass is 436 g/mol. The van der Waals surface area contributed by atoms with E-state index >= 15 is 0 Å². The van der Waals surface area contributed by atoms with Gasteiger partial charge in [-0.05, 0) is 67.5 Å². The average molecular weight is 437 g/mol. The normalized spacial score (nSPS) is 30.7. The summed E-state index contributed by atoms with van der Waals surface area (Å²) in [7, 11) is 0. The molecule has 1 fully saturated rings. The Hall–Kier alpha value is -0.540. The van der Waals surface area contributed by atoms with Crippen LogP contribution in [0.4, 0.5) is 0 Å². The molecule has 0 aromatic rings. The first-order valence-corrected chi connectivity index (χ1v) is 12.2. The molecule has 1 N–H and O–H groups in total. The number of nitrogens with zero attached hydrogens (tertiary/aromatic N) is 1. The molecule has 3 aliphatic rings. The van der Waals surface area contributed by atoms with Crippen molar-refractivity contribution in [3.8, 4) is 0 Å². The van der Waals surface area contributed by atoms with Crippen molar-refractivity contribution in [3.05, 3.63) is 46.5 Å². The number of halogens is 2. The quantitative estimate of drug-likeness (QED) is 0.467. The molecule has 1 saturated heterocycles. The van der Waals surface area contributed by atoms with Gasteiger partial charge in [-0.3, -0.25) is 0 Å². The van der Waals surface area contributed by atoms with Crippen molar-refractivity contribution >= 4 is 23.2 Å². The highest BCUT2D eigenvalue weighted by atomic mass is 35.5. The Balaban J connectivity index is 1.51. The van der Waals surface area contributed by atoms with Gasteiger partial charge in [-0.15, -0.1) is 0 Å². The summed E-state index contributed by atoms with van der Waals surface area (Å²) < 4.78 is 0. The molecular weight excluding hydrogens is 399 g/mol. The maximum absolute atomic E-state index is 6.14. The molecule has 0 spiro atoms. The van der Waals surface area contributed by atoms with Crippen molar-refractivity contribution < 1.29 is 0 Å². The topological polar surface area (TPSA) is 15.3 Å². The van der Waals surface area contributed by atoms with Crippen LogP contribution in [0, 0.1) is 23.2 Å². The minimum atomic E-state index is 0.329. The molecule has 1 aliphatic heterocycles. The number of rotatable bonds is 8. The van der Waals surface area contributed by atoms with Gasteiger partial charge in [0.15, 0.2) is 0 Å². The van der Waals surface area contributed by atoms with Crippen molar-refractivity contribution in [3.63, 3.8) is 0 Å². The van der Waals surface area contributed by atoms with Gasteiger partial charge in [-0.25, -0.2) is 0 Å². The summed E-state index contributed by atoms with van der Waals surface area (Å²) >= 11 is 12.2. The molecule has 0 amide bonds. The van der Waals surface area contributed by atoms with Gasteiger partial charge in [0.25, 0.3) is 0 Å². The van der Waals surface area contributed by atoms with Crippen molar-refractivity contribution in [1.82, 2.24) is 10.2 Å². The standard InChI is InChI=1S/C25H38Cl2N2/c1-4-5-23(28-16-19-6-10-21(26)11-7-19)17-29-15-14-24(25(2,3)18-29)20-8-12-22(27)13-9-20/h6,8,10-13,19-20,23-24,28H,4-5,7,9,14-18H2,1-3H3/t19?,20?,23-,24?/m1/s1. The number of hydrogen-bond acceptors (Lipinski definition) is 2. The summed E-state index contributed by atoms with van der Waals surface area (Å²) in [5.74, 6) is 1.94. The van der Waals surface area contributed by atoms with E-state index in [1.807, 2.05) is 6.08 Å². The summed E-state index contributed by atoms with van der Waals surface area (Å²) in [5.41, 5.74) is 0.329. The molecule has 3 rings (SSSR count). The van der Waals surface area contributed by atoms with Gasteiger partial charge in [0, 0.05) is 35.7 Å². The fourth-order valence-corrected chi connectivity index (χ4v) is 5.69. The van der Waals surface area contributed by atoms with Crippen LogP contribution in [0.1, 0.15) is 52.9 Å². The number of hydrogen-bond donors (Lipinski definition) is 1. The lowest BCUT2D eigenvalue weighted by Gasteiger charge is -2.48. The highest BCUT2D eigenvalue weighted by Gasteiger charge is 2.39. The van der Waals surface area contributed by atoms with E-state index in [0.29, 0.717) is 23.3 Å². The van der Waals surface area contributed by atoms with E-state index in [-0.39, 0.29) is 0 Å². The van der Waals surface area contributed by atoms with Crippen LogP contribution < -0.4 is 5.32 Å². The second-order valence-corrected chi connectivity index (χ2v) is 10.7. The lowest BCUT2D eigenvalue weighted by atomic mass is 9.66. The Kier molecular flexibility index (Phi) is 8.51. The lowest BCUT2D eigenvalue weighted by molar-refractivity contribution is 0.0273. The zero-order valence-electron chi connectivity index (χ0n) is 18.3.